The summed E-state index contributed by atoms with van der Waals surface area (Å²) in [6.45, 7) is 3.54. The molecule has 276 valence electrons. The van der Waals surface area contributed by atoms with E-state index in [0.717, 1.165) is 0 Å². The lowest BCUT2D eigenvalue weighted by molar-refractivity contribution is -0.155. The lowest BCUT2D eigenvalue weighted by Crippen LogP contribution is -2.49. The molecule has 0 bridgehead atoms. The van der Waals surface area contributed by atoms with Gasteiger partial charge in [-0.15, -0.1) is 0 Å². The van der Waals surface area contributed by atoms with Crippen molar-refractivity contribution in [2.45, 2.75) is 58.2 Å². The molecule has 48 heavy (non-hydrogen) atoms. The van der Waals surface area contributed by atoms with Crippen LogP contribution in [0.15, 0.2) is 0 Å². The SMILES string of the molecule is CCCC(=O)OCC(OC(=O)CCC)P(=O)(O)OCCCC(=O)CN1CCN(CC(=O)O)CCN(CC(=O)O)CCN(CC(=O)O)CC1. The average molecular weight is 711 g/mol. The number of hydrogen-bond donors (Lipinski definition) is 4. The summed E-state index contributed by atoms with van der Waals surface area (Å²) in [5, 5.41) is 28.0. The third-order valence-corrected chi connectivity index (χ3v) is 8.74. The summed E-state index contributed by atoms with van der Waals surface area (Å²) in [6.07, 6.45) is 0.966. The molecule has 0 saturated carbocycles. The smallest absolute Gasteiger partial charge is 0.371 e. The van der Waals surface area contributed by atoms with Crippen molar-refractivity contribution in [1.29, 1.82) is 0 Å². The van der Waals surface area contributed by atoms with Crippen molar-refractivity contribution in [3.05, 3.63) is 0 Å². The molecular formula is C29H51N4O14P. The average Bonchev–Trinajstić information content (AvgIpc) is 2.98. The van der Waals surface area contributed by atoms with Gasteiger partial charge in [0.05, 0.1) is 32.8 Å². The fourth-order valence-electron chi connectivity index (χ4n) is 4.71. The van der Waals surface area contributed by atoms with Gasteiger partial charge in [0.25, 0.3) is 0 Å². The molecule has 0 aromatic rings. The quantitative estimate of drug-likeness (QED) is 0.0697. The van der Waals surface area contributed by atoms with Crippen LogP contribution >= 0.6 is 7.60 Å². The highest BCUT2D eigenvalue weighted by molar-refractivity contribution is 7.53. The maximum absolute atomic E-state index is 12.9. The van der Waals surface area contributed by atoms with Crippen molar-refractivity contribution in [3.63, 3.8) is 0 Å². The Balaban J connectivity index is 2.85. The number of hydrogen-bond acceptors (Lipinski definition) is 14. The van der Waals surface area contributed by atoms with Crippen LogP contribution in [0, 0.1) is 0 Å². The number of aliphatic carboxylic acids is 3. The highest BCUT2D eigenvalue weighted by Crippen LogP contribution is 2.48. The zero-order chi connectivity index (χ0) is 36.1. The van der Waals surface area contributed by atoms with Crippen molar-refractivity contribution in [1.82, 2.24) is 19.6 Å². The van der Waals surface area contributed by atoms with Gasteiger partial charge in [0.2, 0.25) is 5.85 Å². The molecule has 1 aliphatic heterocycles. The molecule has 0 amide bonds. The predicted molar refractivity (Wildman–Crippen MR) is 169 cm³/mol. The van der Waals surface area contributed by atoms with E-state index in [1.807, 2.05) is 0 Å². The van der Waals surface area contributed by atoms with Gasteiger partial charge in [-0.2, -0.15) is 0 Å². The van der Waals surface area contributed by atoms with Crippen LogP contribution in [0.4, 0.5) is 0 Å². The fourth-order valence-corrected chi connectivity index (χ4v) is 5.78. The Morgan fingerprint density at radius 1 is 0.646 bits per heavy atom. The minimum atomic E-state index is -4.61. The summed E-state index contributed by atoms with van der Waals surface area (Å²) in [5.41, 5.74) is 0. The van der Waals surface area contributed by atoms with Gasteiger partial charge in [-0.3, -0.25) is 52.9 Å². The highest BCUT2D eigenvalue weighted by Gasteiger charge is 2.37. The van der Waals surface area contributed by atoms with Crippen molar-refractivity contribution in [3.8, 4) is 0 Å². The van der Waals surface area contributed by atoms with E-state index in [0.29, 0.717) is 12.8 Å². The van der Waals surface area contributed by atoms with Gasteiger partial charge in [-0.05, 0) is 19.3 Å². The first kappa shape index (κ1) is 43.0. The van der Waals surface area contributed by atoms with E-state index < -0.39 is 49.9 Å². The molecule has 0 radical (unpaired) electrons. The van der Waals surface area contributed by atoms with Gasteiger partial charge >= 0.3 is 37.4 Å². The standard InChI is InChI=1S/C29H51N4O14P/c1-3-6-27(41)45-22-29(47-28(42)7-4-2)48(43,44)46-17-5-8-23(34)18-30-9-11-31(19-24(35)36)13-15-33(21-26(39)40)16-14-32(12-10-30)20-25(37)38/h29H,3-22H2,1-2H3,(H,35,36)(H,37,38)(H,39,40)(H,43,44). The van der Waals surface area contributed by atoms with Crippen molar-refractivity contribution < 1.29 is 67.5 Å². The number of carboxylic acids is 3. The second-order valence-electron chi connectivity index (χ2n) is 11.5. The molecule has 1 fully saturated rings. The lowest BCUT2D eigenvalue weighted by atomic mass is 10.2. The van der Waals surface area contributed by atoms with E-state index in [1.54, 1.807) is 33.4 Å². The van der Waals surface area contributed by atoms with Crippen LogP contribution in [0.2, 0.25) is 0 Å². The number of ether oxygens (including phenoxy) is 2. The van der Waals surface area contributed by atoms with Gasteiger partial charge in [-0.25, -0.2) is 0 Å². The van der Waals surface area contributed by atoms with Crippen LogP contribution < -0.4 is 0 Å². The second kappa shape index (κ2) is 23.4. The first-order chi connectivity index (χ1) is 22.6. The molecule has 19 heteroatoms. The van der Waals surface area contributed by atoms with E-state index in [1.165, 1.54) is 0 Å². The van der Waals surface area contributed by atoms with E-state index in [9.17, 15) is 53.5 Å². The van der Waals surface area contributed by atoms with Gasteiger partial charge < -0.3 is 34.2 Å². The van der Waals surface area contributed by atoms with Gasteiger partial charge in [0.15, 0.2) is 0 Å². The van der Waals surface area contributed by atoms with Gasteiger partial charge in [0, 0.05) is 71.6 Å². The Hall–Kier alpha value is -2.99. The monoisotopic (exact) mass is 710 g/mol. The summed E-state index contributed by atoms with van der Waals surface area (Å²) < 4.78 is 28.1. The van der Waals surface area contributed by atoms with Crippen LogP contribution in [0.25, 0.3) is 0 Å². The normalized spacial score (nSPS) is 18.1. The van der Waals surface area contributed by atoms with Gasteiger partial charge in [0.1, 0.15) is 12.4 Å². The number of Topliss-reactive ketones (excluding diaryl/α,β-unsaturated/α-hetero) is 1. The predicted octanol–water partition coefficient (Wildman–Crippen LogP) is 0.0258. The minimum absolute atomic E-state index is 0.0181. The number of ketones is 1. The van der Waals surface area contributed by atoms with E-state index in [4.69, 9.17) is 14.0 Å². The second-order valence-corrected chi connectivity index (χ2v) is 13.4. The molecule has 1 heterocycles. The highest BCUT2D eigenvalue weighted by atomic mass is 31.2. The Kier molecular flexibility index (Phi) is 21.0. The Bertz CT molecular complexity index is 1080. The van der Waals surface area contributed by atoms with Gasteiger partial charge in [-0.1, -0.05) is 13.8 Å². The number of nitrogens with zero attached hydrogens (tertiary/aromatic N) is 4. The maximum Gasteiger partial charge on any atom is 0.371 e. The molecule has 1 aliphatic rings. The zero-order valence-electron chi connectivity index (χ0n) is 27.8. The Morgan fingerprint density at radius 3 is 1.44 bits per heavy atom. The third-order valence-electron chi connectivity index (χ3n) is 7.21. The minimum Gasteiger partial charge on any atom is -0.480 e. The molecule has 2 unspecified atom stereocenters. The molecule has 0 aromatic heterocycles. The van der Waals surface area contributed by atoms with Crippen LogP contribution in [0.3, 0.4) is 0 Å². The van der Waals surface area contributed by atoms with Crippen molar-refractivity contribution in [2.75, 3.05) is 91.8 Å². The summed E-state index contributed by atoms with van der Waals surface area (Å²) in [4.78, 5) is 88.2. The largest absolute Gasteiger partial charge is 0.480 e. The molecule has 0 spiro atoms. The first-order valence-corrected chi connectivity index (χ1v) is 17.7. The molecule has 4 N–H and O–H groups in total. The van der Waals surface area contributed by atoms with Crippen LogP contribution in [0.5, 0.6) is 0 Å². The summed E-state index contributed by atoms with van der Waals surface area (Å²) >= 11 is 0. The van der Waals surface area contributed by atoms with Crippen LogP contribution in [-0.4, -0.2) is 173 Å². The summed E-state index contributed by atoms with van der Waals surface area (Å²) in [6, 6.07) is 0. The molecule has 0 aliphatic carbocycles. The first-order valence-electron chi connectivity index (χ1n) is 16.0. The number of carbonyl (C=O) groups is 6. The molecule has 18 nitrogen and oxygen atoms in total. The molecular weight excluding hydrogens is 659 g/mol. The zero-order valence-corrected chi connectivity index (χ0v) is 28.7. The van der Waals surface area contributed by atoms with Crippen molar-refractivity contribution >= 4 is 43.2 Å². The lowest BCUT2D eigenvalue weighted by Gasteiger charge is -2.32. The van der Waals surface area contributed by atoms with E-state index in [2.05, 4.69) is 0 Å². The van der Waals surface area contributed by atoms with Crippen molar-refractivity contribution in [2.24, 2.45) is 0 Å². The molecule has 2 atom stereocenters. The van der Waals surface area contributed by atoms with Crippen LogP contribution in [-0.2, 0) is 47.3 Å². The molecule has 0 aromatic carbocycles. The molecule has 1 saturated heterocycles. The number of rotatable bonds is 21. The number of carbonyl (C=O) groups excluding carboxylic acids is 3. The van der Waals surface area contributed by atoms with E-state index >= 15 is 0 Å². The fraction of sp³-hybridized carbons (Fsp3) is 0.793. The third kappa shape index (κ3) is 19.7. The Labute approximate surface area is 280 Å². The van der Waals surface area contributed by atoms with E-state index in [-0.39, 0.29) is 117 Å². The van der Waals surface area contributed by atoms with Crippen LogP contribution in [0.1, 0.15) is 52.4 Å². The maximum atomic E-state index is 12.9. The number of carboxylic acid groups (broad SMARTS) is 3. The summed E-state index contributed by atoms with van der Waals surface area (Å²) in [7, 11) is -4.61. The number of esters is 2. The Morgan fingerprint density at radius 2 is 1.04 bits per heavy atom. The topological polar surface area (TPSA) is 241 Å². The summed E-state index contributed by atoms with van der Waals surface area (Å²) in [5.74, 6) is -6.55. The molecule has 1 rings (SSSR count).